The van der Waals surface area contributed by atoms with Crippen LogP contribution in [0.5, 0.6) is 5.75 Å². The molecule has 1 aromatic carbocycles. The topological polar surface area (TPSA) is 21.3 Å². The molecule has 3 heteroatoms. The second-order valence-electron chi connectivity index (χ2n) is 3.42. The molecule has 15 heavy (non-hydrogen) atoms. The molecule has 0 fully saturated rings. The van der Waals surface area contributed by atoms with E-state index in [1.807, 2.05) is 13.1 Å². The minimum absolute atomic E-state index is 0.755. The summed E-state index contributed by atoms with van der Waals surface area (Å²) in [4.78, 5) is 0. The van der Waals surface area contributed by atoms with E-state index in [9.17, 15) is 0 Å². The van der Waals surface area contributed by atoms with E-state index in [0.29, 0.717) is 0 Å². The predicted octanol–water partition coefficient (Wildman–Crippen LogP) is 3.00. The predicted molar refractivity (Wildman–Crippen MR) is 67.6 cm³/mol. The summed E-state index contributed by atoms with van der Waals surface area (Å²) in [5.74, 6) is 0.934. The lowest BCUT2D eigenvalue weighted by molar-refractivity contribution is 0.308. The average Bonchev–Trinajstić information content (AvgIpc) is 2.26. The summed E-state index contributed by atoms with van der Waals surface area (Å²) in [6, 6.07) is 6.26. The Balaban J connectivity index is 2.47. The summed E-state index contributed by atoms with van der Waals surface area (Å²) in [6.45, 7) is 3.89. The lowest BCUT2D eigenvalue weighted by Gasteiger charge is -2.09. The fraction of sp³-hybridized carbons (Fsp3) is 0.500. The first-order valence-electron chi connectivity index (χ1n) is 5.33. The van der Waals surface area contributed by atoms with Gasteiger partial charge in [0.25, 0.3) is 0 Å². The highest BCUT2D eigenvalue weighted by Crippen LogP contribution is 2.26. The van der Waals surface area contributed by atoms with E-state index in [0.717, 1.165) is 36.2 Å². The summed E-state index contributed by atoms with van der Waals surface area (Å²) in [6.07, 6.45) is 2.08. The van der Waals surface area contributed by atoms with Crippen molar-refractivity contribution in [1.82, 2.24) is 5.32 Å². The van der Waals surface area contributed by atoms with Crippen LogP contribution < -0.4 is 10.1 Å². The van der Waals surface area contributed by atoms with Crippen molar-refractivity contribution in [2.75, 3.05) is 20.2 Å². The van der Waals surface area contributed by atoms with Gasteiger partial charge in [0.05, 0.1) is 11.1 Å². The third-order valence-electron chi connectivity index (χ3n) is 2.23. The van der Waals surface area contributed by atoms with Crippen LogP contribution in [0.2, 0.25) is 0 Å². The Hall–Kier alpha value is -0.540. The van der Waals surface area contributed by atoms with Gasteiger partial charge in [-0.3, -0.25) is 0 Å². The molecule has 2 nitrogen and oxygen atoms in total. The maximum absolute atomic E-state index is 5.65. The molecule has 0 saturated heterocycles. The maximum Gasteiger partial charge on any atom is 0.133 e. The molecule has 0 spiro atoms. The Morgan fingerprint density at radius 3 is 2.80 bits per heavy atom. The van der Waals surface area contributed by atoms with Crippen LogP contribution in [0.15, 0.2) is 22.7 Å². The van der Waals surface area contributed by atoms with Gasteiger partial charge in [0, 0.05) is 0 Å². The Bertz CT molecular complexity index is 302. The van der Waals surface area contributed by atoms with Crippen molar-refractivity contribution in [3.8, 4) is 5.75 Å². The van der Waals surface area contributed by atoms with Crippen LogP contribution in [-0.2, 0) is 6.42 Å². The quantitative estimate of drug-likeness (QED) is 0.804. The van der Waals surface area contributed by atoms with E-state index < -0.39 is 0 Å². The molecule has 84 valence electrons. The molecule has 1 N–H and O–H groups in total. The zero-order valence-corrected chi connectivity index (χ0v) is 10.9. The third-order valence-corrected chi connectivity index (χ3v) is 2.85. The van der Waals surface area contributed by atoms with Gasteiger partial charge in [-0.05, 0) is 60.1 Å². The molecule has 1 aromatic rings. The number of aryl methyl sites for hydroxylation is 1. The third kappa shape index (κ3) is 4.22. The van der Waals surface area contributed by atoms with Gasteiger partial charge in [0.15, 0.2) is 0 Å². The van der Waals surface area contributed by atoms with E-state index in [1.165, 1.54) is 5.56 Å². The van der Waals surface area contributed by atoms with Crippen molar-refractivity contribution in [2.45, 2.75) is 19.8 Å². The number of halogens is 1. The van der Waals surface area contributed by atoms with E-state index in [-0.39, 0.29) is 0 Å². The van der Waals surface area contributed by atoms with Gasteiger partial charge in [-0.15, -0.1) is 0 Å². The number of hydrogen-bond acceptors (Lipinski definition) is 2. The van der Waals surface area contributed by atoms with Gasteiger partial charge in [0.2, 0.25) is 0 Å². The highest BCUT2D eigenvalue weighted by Gasteiger charge is 2.01. The molecular weight excluding hydrogens is 254 g/mol. The molecule has 0 aliphatic heterocycles. The van der Waals surface area contributed by atoms with Gasteiger partial charge in [0.1, 0.15) is 5.75 Å². The summed E-state index contributed by atoms with van der Waals surface area (Å²) in [5, 5.41) is 3.10. The molecule has 0 saturated carbocycles. The van der Waals surface area contributed by atoms with Gasteiger partial charge in [-0.25, -0.2) is 0 Å². The summed E-state index contributed by atoms with van der Waals surface area (Å²) in [5.41, 5.74) is 1.32. The molecule has 0 heterocycles. The minimum Gasteiger partial charge on any atom is -0.492 e. The SMILES string of the molecule is CCc1ccc(OCCCNC)c(Br)c1. The molecule has 0 unspecified atom stereocenters. The normalized spacial score (nSPS) is 10.3. The Kier molecular flexibility index (Phi) is 5.73. The summed E-state index contributed by atoms with van der Waals surface area (Å²) in [7, 11) is 1.95. The lowest BCUT2D eigenvalue weighted by Crippen LogP contribution is -2.11. The van der Waals surface area contributed by atoms with Crippen LogP contribution in [0, 0.1) is 0 Å². The number of benzene rings is 1. The molecule has 0 radical (unpaired) electrons. The molecule has 0 amide bonds. The second-order valence-corrected chi connectivity index (χ2v) is 4.28. The lowest BCUT2D eigenvalue weighted by atomic mass is 10.2. The van der Waals surface area contributed by atoms with Gasteiger partial charge in [-0.1, -0.05) is 13.0 Å². The van der Waals surface area contributed by atoms with Crippen molar-refractivity contribution < 1.29 is 4.74 Å². The fourth-order valence-corrected chi connectivity index (χ4v) is 1.85. The fourth-order valence-electron chi connectivity index (χ4n) is 1.31. The monoisotopic (exact) mass is 271 g/mol. The molecule has 0 atom stereocenters. The smallest absolute Gasteiger partial charge is 0.133 e. The van der Waals surface area contributed by atoms with Gasteiger partial charge in [-0.2, -0.15) is 0 Å². The zero-order chi connectivity index (χ0) is 11.1. The van der Waals surface area contributed by atoms with Crippen LogP contribution in [0.1, 0.15) is 18.9 Å². The Labute approximate surface area is 100 Å². The zero-order valence-electron chi connectivity index (χ0n) is 9.35. The first kappa shape index (κ1) is 12.5. The van der Waals surface area contributed by atoms with E-state index in [2.05, 4.69) is 40.3 Å². The first-order valence-corrected chi connectivity index (χ1v) is 6.13. The van der Waals surface area contributed by atoms with Crippen LogP contribution in [0.3, 0.4) is 0 Å². The summed E-state index contributed by atoms with van der Waals surface area (Å²) < 4.78 is 6.70. The molecule has 0 aliphatic rings. The standard InChI is InChI=1S/C12H18BrNO/c1-3-10-5-6-12(11(13)9-10)15-8-4-7-14-2/h5-6,9,14H,3-4,7-8H2,1-2H3. The van der Waals surface area contributed by atoms with Crippen LogP contribution in [0.4, 0.5) is 0 Å². The van der Waals surface area contributed by atoms with E-state index >= 15 is 0 Å². The first-order chi connectivity index (χ1) is 7.27. The van der Waals surface area contributed by atoms with Crippen LogP contribution in [0.25, 0.3) is 0 Å². The molecule has 1 rings (SSSR count). The van der Waals surface area contributed by atoms with Gasteiger partial charge < -0.3 is 10.1 Å². The maximum atomic E-state index is 5.65. The van der Waals surface area contributed by atoms with Crippen LogP contribution in [-0.4, -0.2) is 20.2 Å². The van der Waals surface area contributed by atoms with Crippen molar-refractivity contribution >= 4 is 15.9 Å². The van der Waals surface area contributed by atoms with Crippen molar-refractivity contribution in [3.05, 3.63) is 28.2 Å². The van der Waals surface area contributed by atoms with Crippen molar-refractivity contribution in [1.29, 1.82) is 0 Å². The Morgan fingerprint density at radius 1 is 1.40 bits per heavy atom. The molecule has 0 aliphatic carbocycles. The molecular formula is C12H18BrNO. The number of ether oxygens (including phenoxy) is 1. The second kappa shape index (κ2) is 6.85. The molecule has 0 aromatic heterocycles. The van der Waals surface area contributed by atoms with Crippen molar-refractivity contribution in [2.24, 2.45) is 0 Å². The van der Waals surface area contributed by atoms with Crippen molar-refractivity contribution in [3.63, 3.8) is 0 Å². The minimum atomic E-state index is 0.755. The number of rotatable bonds is 6. The number of hydrogen-bond donors (Lipinski definition) is 1. The van der Waals surface area contributed by atoms with E-state index in [1.54, 1.807) is 0 Å². The van der Waals surface area contributed by atoms with E-state index in [4.69, 9.17) is 4.74 Å². The highest BCUT2D eigenvalue weighted by atomic mass is 79.9. The van der Waals surface area contributed by atoms with Crippen LogP contribution >= 0.6 is 15.9 Å². The number of nitrogens with one attached hydrogen (secondary N) is 1. The van der Waals surface area contributed by atoms with Gasteiger partial charge >= 0.3 is 0 Å². The average molecular weight is 272 g/mol. The highest BCUT2D eigenvalue weighted by molar-refractivity contribution is 9.10. The molecule has 0 bridgehead atoms. The Morgan fingerprint density at radius 2 is 2.20 bits per heavy atom. The summed E-state index contributed by atoms with van der Waals surface area (Å²) >= 11 is 3.52. The largest absolute Gasteiger partial charge is 0.492 e.